The van der Waals surface area contributed by atoms with E-state index < -0.39 is 0 Å². The van der Waals surface area contributed by atoms with Gasteiger partial charge in [-0.1, -0.05) is 24.3 Å². The van der Waals surface area contributed by atoms with Crippen LogP contribution in [0.25, 0.3) is 10.8 Å². The highest BCUT2D eigenvalue weighted by molar-refractivity contribution is 5.83. The standard InChI is InChI=1S/C24H28N4O4/c1-17-19-6-4-5-7-20(19)24(30)28(25-17)16-23(29)27-12-10-26(11-13-27)15-18-8-9-21(31-2)22(14-18)32-3/h4-9,14H,10-13,15-16H2,1-3H3. The molecule has 2 heterocycles. The van der Waals surface area contributed by atoms with Crippen molar-refractivity contribution < 1.29 is 14.3 Å². The van der Waals surface area contributed by atoms with Crippen molar-refractivity contribution in [2.24, 2.45) is 0 Å². The van der Waals surface area contributed by atoms with Gasteiger partial charge in [0.2, 0.25) is 5.91 Å². The maximum absolute atomic E-state index is 12.9. The number of benzene rings is 2. The molecule has 0 N–H and O–H groups in total. The number of ether oxygens (including phenoxy) is 2. The van der Waals surface area contributed by atoms with Crippen LogP contribution in [0.1, 0.15) is 11.3 Å². The molecule has 0 unspecified atom stereocenters. The minimum atomic E-state index is -0.230. The molecule has 32 heavy (non-hydrogen) atoms. The van der Waals surface area contributed by atoms with Crippen LogP contribution in [0, 0.1) is 6.92 Å². The molecule has 0 radical (unpaired) electrons. The van der Waals surface area contributed by atoms with Crippen molar-refractivity contribution in [2.45, 2.75) is 20.0 Å². The predicted octanol–water partition coefficient (Wildman–Crippen LogP) is 2.07. The lowest BCUT2D eigenvalue weighted by atomic mass is 10.1. The van der Waals surface area contributed by atoms with E-state index in [1.807, 2.05) is 48.2 Å². The van der Waals surface area contributed by atoms with Gasteiger partial charge >= 0.3 is 0 Å². The second kappa shape index (κ2) is 9.40. The SMILES string of the molecule is COc1ccc(CN2CCN(C(=O)Cn3nc(C)c4ccccc4c3=O)CC2)cc1OC. The van der Waals surface area contributed by atoms with Gasteiger partial charge in [-0.2, -0.15) is 5.10 Å². The van der Waals surface area contributed by atoms with Crippen LogP contribution in [0.15, 0.2) is 47.3 Å². The lowest BCUT2D eigenvalue weighted by molar-refractivity contribution is -0.133. The minimum absolute atomic E-state index is 0.0415. The third kappa shape index (κ3) is 4.45. The first kappa shape index (κ1) is 21.8. The average Bonchev–Trinajstić information content (AvgIpc) is 2.82. The second-order valence-electron chi connectivity index (χ2n) is 7.94. The van der Waals surface area contributed by atoms with E-state index in [0.717, 1.165) is 36.3 Å². The number of amides is 1. The number of aryl methyl sites for hydroxylation is 1. The summed E-state index contributed by atoms with van der Waals surface area (Å²) in [6, 6.07) is 13.3. The van der Waals surface area contributed by atoms with Crippen LogP contribution in [0.5, 0.6) is 11.5 Å². The van der Waals surface area contributed by atoms with Gasteiger partial charge in [-0.15, -0.1) is 0 Å². The van der Waals surface area contributed by atoms with Crippen LogP contribution in [-0.2, 0) is 17.9 Å². The molecule has 1 aliphatic rings. The van der Waals surface area contributed by atoms with E-state index >= 15 is 0 Å². The molecule has 0 atom stereocenters. The van der Waals surface area contributed by atoms with Crippen LogP contribution in [0.2, 0.25) is 0 Å². The summed E-state index contributed by atoms with van der Waals surface area (Å²) in [6.07, 6.45) is 0. The Morgan fingerprint density at radius 3 is 2.34 bits per heavy atom. The van der Waals surface area contributed by atoms with Crippen LogP contribution < -0.4 is 15.0 Å². The largest absolute Gasteiger partial charge is 0.493 e. The zero-order valence-electron chi connectivity index (χ0n) is 18.7. The Hall–Kier alpha value is -3.39. The molecular formula is C24H28N4O4. The molecule has 0 saturated carbocycles. The molecule has 1 amide bonds. The maximum Gasteiger partial charge on any atom is 0.275 e. The first-order chi connectivity index (χ1) is 15.5. The smallest absolute Gasteiger partial charge is 0.275 e. The Morgan fingerprint density at radius 1 is 0.969 bits per heavy atom. The number of carbonyl (C=O) groups excluding carboxylic acids is 1. The summed E-state index contributed by atoms with van der Waals surface area (Å²) in [6.45, 7) is 5.35. The Labute approximate surface area is 187 Å². The summed E-state index contributed by atoms with van der Waals surface area (Å²) in [5.41, 5.74) is 1.64. The van der Waals surface area contributed by atoms with E-state index in [4.69, 9.17) is 9.47 Å². The zero-order chi connectivity index (χ0) is 22.7. The molecule has 4 rings (SSSR count). The molecule has 0 aliphatic carbocycles. The fourth-order valence-corrected chi connectivity index (χ4v) is 4.13. The molecule has 168 valence electrons. The third-order valence-electron chi connectivity index (χ3n) is 5.92. The van der Waals surface area contributed by atoms with E-state index in [2.05, 4.69) is 10.00 Å². The van der Waals surface area contributed by atoms with Gasteiger partial charge in [-0.05, 0) is 30.7 Å². The van der Waals surface area contributed by atoms with Gasteiger partial charge in [-0.3, -0.25) is 14.5 Å². The highest BCUT2D eigenvalue weighted by atomic mass is 16.5. The summed E-state index contributed by atoms with van der Waals surface area (Å²) in [5.74, 6) is 1.34. The highest BCUT2D eigenvalue weighted by Crippen LogP contribution is 2.28. The molecule has 2 aromatic carbocycles. The zero-order valence-corrected chi connectivity index (χ0v) is 18.7. The summed E-state index contributed by atoms with van der Waals surface area (Å²) < 4.78 is 12.0. The van der Waals surface area contributed by atoms with Crippen LogP contribution in [0.4, 0.5) is 0 Å². The first-order valence-corrected chi connectivity index (χ1v) is 10.7. The average molecular weight is 437 g/mol. The highest BCUT2D eigenvalue weighted by Gasteiger charge is 2.22. The molecule has 1 saturated heterocycles. The van der Waals surface area contributed by atoms with Gasteiger partial charge in [0.15, 0.2) is 11.5 Å². The maximum atomic E-state index is 12.9. The number of carbonyl (C=O) groups is 1. The topological polar surface area (TPSA) is 76.9 Å². The Kier molecular flexibility index (Phi) is 6.41. The van der Waals surface area contributed by atoms with Gasteiger partial charge in [0.25, 0.3) is 5.56 Å². The third-order valence-corrected chi connectivity index (χ3v) is 5.92. The van der Waals surface area contributed by atoms with Gasteiger partial charge in [0.1, 0.15) is 6.54 Å². The molecule has 3 aromatic rings. The van der Waals surface area contributed by atoms with E-state index in [9.17, 15) is 9.59 Å². The quantitative estimate of drug-likeness (QED) is 0.589. The summed E-state index contributed by atoms with van der Waals surface area (Å²) in [5, 5.41) is 5.78. The first-order valence-electron chi connectivity index (χ1n) is 10.7. The van der Waals surface area contributed by atoms with Crippen LogP contribution in [-0.4, -0.2) is 65.9 Å². The van der Waals surface area contributed by atoms with E-state index in [1.54, 1.807) is 20.3 Å². The molecule has 8 nitrogen and oxygen atoms in total. The van der Waals surface area contributed by atoms with Crippen molar-refractivity contribution in [1.29, 1.82) is 0 Å². The minimum Gasteiger partial charge on any atom is -0.493 e. The van der Waals surface area contributed by atoms with Crippen molar-refractivity contribution in [2.75, 3.05) is 40.4 Å². The number of methoxy groups -OCH3 is 2. The molecular weight excluding hydrogens is 408 g/mol. The lowest BCUT2D eigenvalue weighted by Gasteiger charge is -2.34. The van der Waals surface area contributed by atoms with Gasteiger partial charge in [0, 0.05) is 38.1 Å². The Morgan fingerprint density at radius 2 is 1.66 bits per heavy atom. The van der Waals surface area contributed by atoms with E-state index in [0.29, 0.717) is 30.0 Å². The summed E-state index contributed by atoms with van der Waals surface area (Å²) in [4.78, 5) is 29.7. The number of hydrogen-bond donors (Lipinski definition) is 0. The number of piperazine rings is 1. The summed E-state index contributed by atoms with van der Waals surface area (Å²) in [7, 11) is 3.25. The van der Waals surface area contributed by atoms with Crippen molar-refractivity contribution in [3.8, 4) is 11.5 Å². The number of nitrogens with zero attached hydrogens (tertiary/aromatic N) is 4. The molecule has 1 aromatic heterocycles. The number of fused-ring (bicyclic) bond motifs is 1. The van der Waals surface area contributed by atoms with Crippen molar-refractivity contribution in [3.05, 3.63) is 64.1 Å². The van der Waals surface area contributed by atoms with Gasteiger partial charge in [-0.25, -0.2) is 4.68 Å². The van der Waals surface area contributed by atoms with E-state index in [-0.39, 0.29) is 18.0 Å². The lowest BCUT2D eigenvalue weighted by Crippen LogP contribution is -2.49. The Bertz CT molecular complexity index is 1180. The second-order valence-corrected chi connectivity index (χ2v) is 7.94. The molecule has 0 bridgehead atoms. The molecule has 0 spiro atoms. The summed E-state index contributed by atoms with van der Waals surface area (Å²) >= 11 is 0. The van der Waals surface area contributed by atoms with Crippen molar-refractivity contribution in [1.82, 2.24) is 19.6 Å². The van der Waals surface area contributed by atoms with Crippen LogP contribution >= 0.6 is 0 Å². The monoisotopic (exact) mass is 436 g/mol. The number of rotatable bonds is 6. The predicted molar refractivity (Wildman–Crippen MR) is 122 cm³/mol. The van der Waals surface area contributed by atoms with Crippen LogP contribution in [0.3, 0.4) is 0 Å². The fourth-order valence-electron chi connectivity index (χ4n) is 4.13. The van der Waals surface area contributed by atoms with Crippen molar-refractivity contribution >= 4 is 16.7 Å². The Balaban J connectivity index is 1.38. The molecule has 8 heteroatoms. The van der Waals surface area contributed by atoms with Gasteiger partial charge in [0.05, 0.1) is 25.3 Å². The number of aromatic nitrogens is 2. The molecule has 1 aliphatic heterocycles. The molecule has 1 fully saturated rings. The van der Waals surface area contributed by atoms with E-state index in [1.165, 1.54) is 4.68 Å². The van der Waals surface area contributed by atoms with Crippen molar-refractivity contribution in [3.63, 3.8) is 0 Å². The normalized spacial score (nSPS) is 14.5. The van der Waals surface area contributed by atoms with Gasteiger partial charge < -0.3 is 14.4 Å². The fraction of sp³-hybridized carbons (Fsp3) is 0.375. The number of hydrogen-bond acceptors (Lipinski definition) is 6.